The first-order chi connectivity index (χ1) is 3.85. The predicted molar refractivity (Wildman–Crippen MR) is 32.2 cm³/mol. The molecule has 0 aromatic heterocycles. The normalized spacial score (nSPS) is 12.0. The van der Waals surface area contributed by atoms with Gasteiger partial charge in [-0.1, -0.05) is 5.16 Å². The SMILES string of the molecule is CNC/C(CN)=N\O. The Balaban J connectivity index is 3.38. The highest BCUT2D eigenvalue weighted by Crippen LogP contribution is 1.67. The van der Waals surface area contributed by atoms with E-state index in [1.165, 1.54) is 0 Å². The third kappa shape index (κ3) is 2.54. The maximum absolute atomic E-state index is 8.13. The fourth-order valence-electron chi connectivity index (χ4n) is 0.352. The first kappa shape index (κ1) is 7.39. The Bertz CT molecular complexity index is 81.4. The fourth-order valence-corrected chi connectivity index (χ4v) is 0.352. The third-order valence-electron chi connectivity index (χ3n) is 0.758. The molecule has 0 fully saturated rings. The summed E-state index contributed by atoms with van der Waals surface area (Å²) in [5.74, 6) is 0. The number of nitrogens with one attached hydrogen (secondary N) is 1. The van der Waals surface area contributed by atoms with E-state index in [1.807, 2.05) is 0 Å². The van der Waals surface area contributed by atoms with Crippen LogP contribution in [0.5, 0.6) is 0 Å². The zero-order valence-corrected chi connectivity index (χ0v) is 4.89. The van der Waals surface area contributed by atoms with Crippen molar-refractivity contribution in [2.24, 2.45) is 10.9 Å². The molecule has 0 spiro atoms. The van der Waals surface area contributed by atoms with Gasteiger partial charge >= 0.3 is 0 Å². The van der Waals surface area contributed by atoms with Crippen molar-refractivity contribution in [1.82, 2.24) is 5.32 Å². The number of hydrogen-bond donors (Lipinski definition) is 3. The summed E-state index contributed by atoms with van der Waals surface area (Å²) in [4.78, 5) is 0. The second-order valence-electron chi connectivity index (χ2n) is 1.40. The summed E-state index contributed by atoms with van der Waals surface area (Å²) >= 11 is 0. The van der Waals surface area contributed by atoms with E-state index in [0.717, 1.165) is 0 Å². The van der Waals surface area contributed by atoms with Gasteiger partial charge in [0.1, 0.15) is 0 Å². The van der Waals surface area contributed by atoms with Crippen LogP contribution in [-0.4, -0.2) is 31.1 Å². The molecule has 0 radical (unpaired) electrons. The van der Waals surface area contributed by atoms with Crippen LogP contribution in [0.4, 0.5) is 0 Å². The minimum Gasteiger partial charge on any atom is -0.411 e. The Kier molecular flexibility index (Phi) is 4.20. The van der Waals surface area contributed by atoms with Crippen molar-refractivity contribution in [3.63, 3.8) is 0 Å². The average Bonchev–Trinajstić information content (AvgIpc) is 1.83. The van der Waals surface area contributed by atoms with Crippen LogP contribution in [-0.2, 0) is 0 Å². The summed E-state index contributed by atoms with van der Waals surface area (Å²) in [5, 5.41) is 13.8. The molecule has 0 heterocycles. The molecule has 0 unspecified atom stereocenters. The maximum atomic E-state index is 8.13. The zero-order valence-electron chi connectivity index (χ0n) is 4.89. The topological polar surface area (TPSA) is 70.6 Å². The molecule has 4 nitrogen and oxygen atoms in total. The van der Waals surface area contributed by atoms with E-state index >= 15 is 0 Å². The number of oxime groups is 1. The van der Waals surface area contributed by atoms with Gasteiger partial charge in [0.25, 0.3) is 0 Å². The molecule has 0 aliphatic carbocycles. The van der Waals surface area contributed by atoms with Crippen LogP contribution in [0.25, 0.3) is 0 Å². The van der Waals surface area contributed by atoms with E-state index in [4.69, 9.17) is 10.9 Å². The number of hydrogen-bond acceptors (Lipinski definition) is 4. The van der Waals surface area contributed by atoms with Gasteiger partial charge in [0.2, 0.25) is 0 Å². The summed E-state index contributed by atoms with van der Waals surface area (Å²) < 4.78 is 0. The molecule has 8 heavy (non-hydrogen) atoms. The maximum Gasteiger partial charge on any atom is 0.0843 e. The highest BCUT2D eigenvalue weighted by molar-refractivity contribution is 5.87. The second-order valence-corrected chi connectivity index (χ2v) is 1.40. The van der Waals surface area contributed by atoms with Crippen molar-refractivity contribution >= 4 is 5.71 Å². The lowest BCUT2D eigenvalue weighted by Gasteiger charge is -1.96. The summed E-state index contributed by atoms with van der Waals surface area (Å²) in [7, 11) is 1.76. The van der Waals surface area contributed by atoms with Crippen molar-refractivity contribution in [3.05, 3.63) is 0 Å². The second kappa shape index (κ2) is 4.55. The summed E-state index contributed by atoms with van der Waals surface area (Å²) in [6.07, 6.45) is 0. The molecule has 0 aromatic rings. The molecule has 48 valence electrons. The molecule has 4 N–H and O–H groups in total. The van der Waals surface area contributed by atoms with Crippen molar-refractivity contribution in [3.8, 4) is 0 Å². The molecule has 0 saturated carbocycles. The Morgan fingerprint density at radius 2 is 2.50 bits per heavy atom. The van der Waals surface area contributed by atoms with E-state index in [-0.39, 0.29) is 0 Å². The molecule has 0 atom stereocenters. The Labute approximate surface area is 48.4 Å². The molecule has 0 aromatic carbocycles. The van der Waals surface area contributed by atoms with Gasteiger partial charge in [-0.25, -0.2) is 0 Å². The average molecular weight is 117 g/mol. The smallest absolute Gasteiger partial charge is 0.0843 e. The number of nitrogens with two attached hydrogens (primary N) is 1. The summed E-state index contributed by atoms with van der Waals surface area (Å²) in [6.45, 7) is 0.852. The molecule has 0 bridgehead atoms. The first-order valence-corrected chi connectivity index (χ1v) is 2.39. The van der Waals surface area contributed by atoms with Gasteiger partial charge in [-0.05, 0) is 7.05 Å². The van der Waals surface area contributed by atoms with Gasteiger partial charge < -0.3 is 16.3 Å². The largest absolute Gasteiger partial charge is 0.411 e. The monoisotopic (exact) mass is 117 g/mol. The van der Waals surface area contributed by atoms with Gasteiger partial charge in [0.15, 0.2) is 0 Å². The number of rotatable bonds is 3. The first-order valence-electron chi connectivity index (χ1n) is 2.39. The molecule has 0 saturated heterocycles. The lowest BCUT2D eigenvalue weighted by atomic mass is 10.4. The third-order valence-corrected chi connectivity index (χ3v) is 0.758. The van der Waals surface area contributed by atoms with Crippen LogP contribution in [0, 0.1) is 0 Å². The van der Waals surface area contributed by atoms with Crippen molar-refractivity contribution in [2.75, 3.05) is 20.1 Å². The summed E-state index contributed by atoms with van der Waals surface area (Å²) in [5.41, 5.74) is 5.70. The lowest BCUT2D eigenvalue weighted by Crippen LogP contribution is -2.25. The zero-order chi connectivity index (χ0) is 6.41. The van der Waals surface area contributed by atoms with Gasteiger partial charge in [-0.15, -0.1) is 0 Å². The molecule has 0 amide bonds. The van der Waals surface area contributed by atoms with E-state index in [2.05, 4.69) is 10.5 Å². The van der Waals surface area contributed by atoms with Crippen LogP contribution >= 0.6 is 0 Å². The van der Waals surface area contributed by atoms with Gasteiger partial charge in [-0.2, -0.15) is 0 Å². The molecular weight excluding hydrogens is 106 g/mol. The summed E-state index contributed by atoms with van der Waals surface area (Å²) in [6, 6.07) is 0. The molecule has 4 heteroatoms. The van der Waals surface area contributed by atoms with Crippen molar-refractivity contribution in [2.45, 2.75) is 0 Å². The molecular formula is C4H11N3O. The number of nitrogens with zero attached hydrogens (tertiary/aromatic N) is 1. The standard InChI is InChI=1S/C4H11N3O/c1-6-3-4(2-5)7-8/h6,8H,2-3,5H2,1H3/b7-4-. The highest BCUT2D eigenvalue weighted by atomic mass is 16.4. The predicted octanol–water partition coefficient (Wildman–Crippen LogP) is -1.01. The van der Waals surface area contributed by atoms with E-state index in [9.17, 15) is 0 Å². The fraction of sp³-hybridized carbons (Fsp3) is 0.750. The van der Waals surface area contributed by atoms with Crippen LogP contribution < -0.4 is 11.1 Å². The minimum atomic E-state index is 0.303. The molecule has 0 aliphatic rings. The molecule has 0 rings (SSSR count). The van der Waals surface area contributed by atoms with Crippen LogP contribution in [0.15, 0.2) is 5.16 Å². The van der Waals surface area contributed by atoms with Gasteiger partial charge in [0, 0.05) is 13.1 Å². The highest BCUT2D eigenvalue weighted by Gasteiger charge is 1.90. The van der Waals surface area contributed by atoms with E-state index in [1.54, 1.807) is 7.05 Å². The minimum absolute atomic E-state index is 0.303. The van der Waals surface area contributed by atoms with Crippen LogP contribution in [0.2, 0.25) is 0 Å². The van der Waals surface area contributed by atoms with Crippen molar-refractivity contribution in [1.29, 1.82) is 0 Å². The van der Waals surface area contributed by atoms with Crippen LogP contribution in [0.3, 0.4) is 0 Å². The quantitative estimate of drug-likeness (QED) is 0.252. The Morgan fingerprint density at radius 1 is 1.88 bits per heavy atom. The van der Waals surface area contributed by atoms with E-state index in [0.29, 0.717) is 18.8 Å². The van der Waals surface area contributed by atoms with E-state index < -0.39 is 0 Å². The van der Waals surface area contributed by atoms with Gasteiger partial charge in [-0.3, -0.25) is 0 Å². The lowest BCUT2D eigenvalue weighted by molar-refractivity contribution is 0.317. The Morgan fingerprint density at radius 3 is 2.62 bits per heavy atom. The van der Waals surface area contributed by atoms with Gasteiger partial charge in [0.05, 0.1) is 5.71 Å². The Hall–Kier alpha value is -0.610. The van der Waals surface area contributed by atoms with Crippen LogP contribution in [0.1, 0.15) is 0 Å². The molecule has 0 aliphatic heterocycles. The van der Waals surface area contributed by atoms with Crippen molar-refractivity contribution < 1.29 is 5.21 Å².